The lowest BCUT2D eigenvalue weighted by molar-refractivity contribution is 0.660. The fourth-order valence-corrected chi connectivity index (χ4v) is 11.7. The van der Waals surface area contributed by atoms with Gasteiger partial charge < -0.3 is 9.47 Å². The Morgan fingerprint density at radius 1 is 0.375 bits per heavy atom. The third-order valence-corrected chi connectivity index (χ3v) is 15.0. The highest BCUT2D eigenvalue weighted by Crippen LogP contribution is 2.51. The summed E-state index contributed by atoms with van der Waals surface area (Å²) in [7, 11) is 0. The Hall–Kier alpha value is -7.72. The fourth-order valence-electron chi connectivity index (χ4n) is 10.6. The van der Waals surface area contributed by atoms with Crippen LogP contribution in [0.3, 0.4) is 0 Å². The van der Waals surface area contributed by atoms with Crippen molar-refractivity contribution in [3.05, 3.63) is 230 Å². The number of para-hydroxylation sites is 1. The predicted octanol–water partition coefficient (Wildman–Crippen LogP) is 17.4. The van der Waals surface area contributed by atoms with Crippen molar-refractivity contribution < 1.29 is 0 Å². The number of hydrogen-bond donors (Lipinski definition) is 0. The van der Waals surface area contributed by atoms with E-state index >= 15 is 0 Å². The van der Waals surface area contributed by atoms with Crippen LogP contribution in [0, 0.1) is 0 Å². The van der Waals surface area contributed by atoms with Crippen molar-refractivity contribution in [1.82, 2.24) is 4.57 Å². The molecule has 0 spiro atoms. The van der Waals surface area contributed by atoms with E-state index < -0.39 is 0 Å². The molecule has 2 heterocycles. The summed E-state index contributed by atoms with van der Waals surface area (Å²) in [5, 5.41) is 7.64. The molecule has 0 saturated heterocycles. The minimum absolute atomic E-state index is 0.110. The Labute approximate surface area is 376 Å². The molecule has 0 saturated carbocycles. The summed E-state index contributed by atoms with van der Waals surface area (Å²) in [6.07, 6.45) is 0. The van der Waals surface area contributed by atoms with Gasteiger partial charge in [0.1, 0.15) is 0 Å². The van der Waals surface area contributed by atoms with Gasteiger partial charge in [-0.15, -0.1) is 11.3 Å². The Bertz CT molecular complexity index is 3810. The van der Waals surface area contributed by atoms with E-state index in [0.717, 1.165) is 17.1 Å². The highest BCUT2D eigenvalue weighted by atomic mass is 32.1. The van der Waals surface area contributed by atoms with E-state index in [1.807, 2.05) is 11.3 Å². The van der Waals surface area contributed by atoms with Crippen LogP contribution in [0.5, 0.6) is 0 Å². The van der Waals surface area contributed by atoms with E-state index in [2.05, 4.69) is 242 Å². The highest BCUT2D eigenvalue weighted by molar-refractivity contribution is 7.25. The smallest absolute Gasteiger partial charge is 0.0541 e. The topological polar surface area (TPSA) is 8.17 Å². The SMILES string of the molecule is CC1(C)c2ccccc2-c2ccc(N(c3ccc(-c4ccc5sc6ccccc6c5c4)cc3)c3ccc(-c4ccc5c(c4)c4ccccc4n5-c4cccc5ccccc45)cc3)cc21. The van der Waals surface area contributed by atoms with E-state index in [9.17, 15) is 0 Å². The monoisotopic (exact) mass is 834 g/mol. The van der Waals surface area contributed by atoms with Gasteiger partial charge in [0.2, 0.25) is 0 Å². The maximum atomic E-state index is 2.43. The first-order valence-corrected chi connectivity index (χ1v) is 23.0. The number of thiophene rings is 1. The van der Waals surface area contributed by atoms with Crippen molar-refractivity contribution in [3.8, 4) is 39.1 Å². The van der Waals surface area contributed by atoms with Gasteiger partial charge >= 0.3 is 0 Å². The van der Waals surface area contributed by atoms with Crippen LogP contribution in [0.15, 0.2) is 218 Å². The van der Waals surface area contributed by atoms with Gasteiger partial charge in [-0.3, -0.25) is 0 Å². The number of fused-ring (bicyclic) bond motifs is 10. The van der Waals surface area contributed by atoms with Gasteiger partial charge in [-0.2, -0.15) is 0 Å². The number of anilines is 3. The molecule has 0 fully saturated rings. The Morgan fingerprint density at radius 2 is 0.938 bits per heavy atom. The molecule has 0 radical (unpaired) electrons. The van der Waals surface area contributed by atoms with Crippen LogP contribution in [0.1, 0.15) is 25.0 Å². The van der Waals surface area contributed by atoms with Gasteiger partial charge in [-0.05, 0) is 129 Å². The van der Waals surface area contributed by atoms with Gasteiger partial charge in [0, 0.05) is 58.8 Å². The molecule has 12 aromatic rings. The minimum Gasteiger partial charge on any atom is -0.310 e. The zero-order valence-corrected chi connectivity index (χ0v) is 36.4. The van der Waals surface area contributed by atoms with Gasteiger partial charge in [0.05, 0.1) is 16.7 Å². The molecular weight excluding hydrogens is 793 g/mol. The molecule has 1 aliphatic carbocycles. The summed E-state index contributed by atoms with van der Waals surface area (Å²) in [6.45, 7) is 4.72. The summed E-state index contributed by atoms with van der Waals surface area (Å²) in [4.78, 5) is 2.42. The molecule has 0 bridgehead atoms. The molecule has 302 valence electrons. The third-order valence-electron chi connectivity index (χ3n) is 13.8. The summed E-state index contributed by atoms with van der Waals surface area (Å²) in [5.74, 6) is 0. The lowest BCUT2D eigenvalue weighted by atomic mass is 9.82. The first-order chi connectivity index (χ1) is 31.5. The van der Waals surface area contributed by atoms with Crippen molar-refractivity contribution in [2.75, 3.05) is 4.90 Å². The number of aromatic nitrogens is 1. The van der Waals surface area contributed by atoms with Crippen LogP contribution in [-0.4, -0.2) is 4.57 Å². The van der Waals surface area contributed by atoms with E-state index in [-0.39, 0.29) is 5.41 Å². The first-order valence-electron chi connectivity index (χ1n) is 22.2. The molecule has 0 unspecified atom stereocenters. The van der Waals surface area contributed by atoms with Gasteiger partial charge in [-0.1, -0.05) is 153 Å². The molecule has 0 atom stereocenters. The second kappa shape index (κ2) is 14.2. The van der Waals surface area contributed by atoms with Gasteiger partial charge in [0.25, 0.3) is 0 Å². The molecule has 10 aromatic carbocycles. The lowest BCUT2D eigenvalue weighted by Crippen LogP contribution is -2.16. The van der Waals surface area contributed by atoms with E-state index in [1.54, 1.807) is 0 Å². The molecule has 0 N–H and O–H groups in total. The largest absolute Gasteiger partial charge is 0.310 e. The highest BCUT2D eigenvalue weighted by Gasteiger charge is 2.35. The van der Waals surface area contributed by atoms with Crippen LogP contribution in [-0.2, 0) is 5.41 Å². The van der Waals surface area contributed by atoms with Crippen LogP contribution >= 0.6 is 11.3 Å². The summed E-state index contributed by atoms with van der Waals surface area (Å²) in [6, 6.07) is 80.9. The number of nitrogens with zero attached hydrogens (tertiary/aromatic N) is 2. The normalized spacial score (nSPS) is 13.0. The zero-order chi connectivity index (χ0) is 42.5. The maximum Gasteiger partial charge on any atom is 0.0541 e. The average Bonchev–Trinajstić information content (AvgIpc) is 3.96. The lowest BCUT2D eigenvalue weighted by Gasteiger charge is -2.28. The molecule has 0 aliphatic heterocycles. The predicted molar refractivity (Wildman–Crippen MR) is 274 cm³/mol. The number of hydrogen-bond acceptors (Lipinski definition) is 2. The van der Waals surface area contributed by atoms with Crippen molar-refractivity contribution in [1.29, 1.82) is 0 Å². The zero-order valence-electron chi connectivity index (χ0n) is 35.6. The van der Waals surface area contributed by atoms with E-state index in [4.69, 9.17) is 0 Å². The molecule has 64 heavy (non-hydrogen) atoms. The van der Waals surface area contributed by atoms with Crippen molar-refractivity contribution in [2.24, 2.45) is 0 Å². The molecular formula is C61H42N2S. The fraction of sp³-hybridized carbons (Fsp3) is 0.0492. The molecule has 13 rings (SSSR count). The summed E-state index contributed by atoms with van der Waals surface area (Å²) < 4.78 is 5.09. The average molecular weight is 835 g/mol. The third kappa shape index (κ3) is 5.64. The van der Waals surface area contributed by atoms with Crippen LogP contribution in [0.4, 0.5) is 17.1 Å². The molecule has 2 nitrogen and oxygen atoms in total. The van der Waals surface area contributed by atoms with E-state index in [1.165, 1.54) is 103 Å². The van der Waals surface area contributed by atoms with Crippen LogP contribution in [0.25, 0.3) is 91.8 Å². The first kappa shape index (κ1) is 36.9. The summed E-state index contributed by atoms with van der Waals surface area (Å²) >= 11 is 1.86. The maximum absolute atomic E-state index is 2.43. The number of benzene rings is 10. The summed E-state index contributed by atoms with van der Waals surface area (Å²) in [5.41, 5.74) is 17.1. The van der Waals surface area contributed by atoms with Crippen LogP contribution in [0.2, 0.25) is 0 Å². The Balaban J connectivity index is 0.908. The Kier molecular flexibility index (Phi) is 8.16. The standard InChI is InChI=1S/C61H42N2S/c1-61(2)54-18-8-5-15-48(54)49-33-32-46(38-55(49)61)62(45-30-24-40(25-31-45)43-27-35-60-53(37-43)51-17-7-10-21-59(51)64-60)44-28-22-39(23-29-44)42-26-34-58-52(36-42)50-16-6-9-19-57(50)63(58)56-20-11-13-41-12-3-4-14-47(41)56/h3-38H,1-2H3. The second-order valence-electron chi connectivity index (χ2n) is 17.7. The second-order valence-corrected chi connectivity index (χ2v) is 18.8. The Morgan fingerprint density at radius 3 is 1.73 bits per heavy atom. The quantitative estimate of drug-likeness (QED) is 0.162. The molecule has 0 amide bonds. The van der Waals surface area contributed by atoms with Gasteiger partial charge in [-0.25, -0.2) is 0 Å². The molecule has 2 aromatic heterocycles. The molecule has 3 heteroatoms. The van der Waals surface area contributed by atoms with E-state index in [0.29, 0.717) is 0 Å². The molecule has 1 aliphatic rings. The van der Waals surface area contributed by atoms with Crippen LogP contribution < -0.4 is 4.90 Å². The van der Waals surface area contributed by atoms with Crippen molar-refractivity contribution in [3.63, 3.8) is 0 Å². The minimum atomic E-state index is -0.110. The van der Waals surface area contributed by atoms with Gasteiger partial charge in [0.15, 0.2) is 0 Å². The number of rotatable bonds is 6. The van der Waals surface area contributed by atoms with Crippen molar-refractivity contribution in [2.45, 2.75) is 19.3 Å². The van der Waals surface area contributed by atoms with Crippen molar-refractivity contribution >= 4 is 81.1 Å².